The third-order valence-electron chi connectivity index (χ3n) is 3.63. The molecule has 2 rings (SSSR count). The van der Waals surface area contributed by atoms with Gasteiger partial charge in [0.2, 0.25) is 0 Å². The normalized spacial score (nSPS) is 11.7. The molecule has 0 amide bonds. The van der Waals surface area contributed by atoms with Gasteiger partial charge in [-0.3, -0.25) is 4.68 Å². The van der Waals surface area contributed by atoms with Gasteiger partial charge in [-0.2, -0.15) is 13.9 Å². The van der Waals surface area contributed by atoms with Gasteiger partial charge in [-0.05, 0) is 31.4 Å². The number of benzene rings is 1. The molecule has 1 heterocycles. The summed E-state index contributed by atoms with van der Waals surface area (Å²) in [6.07, 6.45) is 5.71. The maximum Gasteiger partial charge on any atom is 0.387 e. The SMILES string of the molecule is CCNC(=NCc1ccccc1OC(F)F)NCCCc1cnn(C)c1. The van der Waals surface area contributed by atoms with E-state index in [1.54, 1.807) is 22.9 Å². The lowest BCUT2D eigenvalue weighted by Gasteiger charge is -2.12. The maximum absolute atomic E-state index is 12.5. The number of hydrogen-bond donors (Lipinski definition) is 2. The monoisotopic (exact) mass is 365 g/mol. The number of nitrogens with one attached hydrogen (secondary N) is 2. The highest BCUT2D eigenvalue weighted by molar-refractivity contribution is 5.79. The van der Waals surface area contributed by atoms with Crippen LogP contribution < -0.4 is 15.4 Å². The Morgan fingerprint density at radius 3 is 2.81 bits per heavy atom. The lowest BCUT2D eigenvalue weighted by molar-refractivity contribution is -0.0504. The Kier molecular flexibility index (Phi) is 7.85. The first-order chi connectivity index (χ1) is 12.6. The summed E-state index contributed by atoms with van der Waals surface area (Å²) < 4.78 is 31.3. The molecule has 0 radical (unpaired) electrons. The predicted octanol–water partition coefficient (Wildman–Crippen LogP) is 2.71. The molecule has 142 valence electrons. The minimum Gasteiger partial charge on any atom is -0.434 e. The molecular weight excluding hydrogens is 340 g/mol. The second-order valence-electron chi connectivity index (χ2n) is 5.73. The molecule has 0 aliphatic heterocycles. The summed E-state index contributed by atoms with van der Waals surface area (Å²) in [5.74, 6) is 0.796. The Morgan fingerprint density at radius 2 is 2.12 bits per heavy atom. The quantitative estimate of drug-likeness (QED) is 0.407. The summed E-state index contributed by atoms with van der Waals surface area (Å²) in [5.41, 5.74) is 1.80. The van der Waals surface area contributed by atoms with Crippen molar-refractivity contribution < 1.29 is 13.5 Å². The molecular formula is C18H25F2N5O. The summed E-state index contributed by atoms with van der Waals surface area (Å²) in [6.45, 7) is 0.833. The molecule has 2 N–H and O–H groups in total. The number of guanidine groups is 1. The van der Waals surface area contributed by atoms with Gasteiger partial charge in [-0.15, -0.1) is 0 Å². The Hall–Kier alpha value is -2.64. The highest BCUT2D eigenvalue weighted by atomic mass is 19.3. The molecule has 26 heavy (non-hydrogen) atoms. The topological polar surface area (TPSA) is 63.5 Å². The fraction of sp³-hybridized carbons (Fsp3) is 0.444. The fourth-order valence-corrected chi connectivity index (χ4v) is 2.45. The number of ether oxygens (including phenoxy) is 1. The molecule has 8 heteroatoms. The number of para-hydroxylation sites is 1. The first kappa shape index (κ1) is 19.7. The van der Waals surface area contributed by atoms with Gasteiger partial charge in [-0.1, -0.05) is 18.2 Å². The number of rotatable bonds is 9. The van der Waals surface area contributed by atoms with Crippen LogP contribution in [0.3, 0.4) is 0 Å². The number of aryl methyl sites for hydroxylation is 2. The van der Waals surface area contributed by atoms with Crippen LogP contribution in [0.5, 0.6) is 5.75 Å². The summed E-state index contributed by atoms with van der Waals surface area (Å²) in [6, 6.07) is 6.68. The highest BCUT2D eigenvalue weighted by Gasteiger charge is 2.09. The van der Waals surface area contributed by atoms with E-state index < -0.39 is 6.61 Å². The molecule has 6 nitrogen and oxygen atoms in total. The van der Waals surface area contributed by atoms with Crippen molar-refractivity contribution in [3.05, 3.63) is 47.8 Å². The standard InChI is InChI=1S/C18H25F2N5O/c1-3-21-18(22-10-6-7-14-11-24-25(2)13-14)23-12-15-8-4-5-9-16(15)26-17(19)20/h4-5,8-9,11,13,17H,3,6-7,10,12H2,1-2H3,(H2,21,22,23). The zero-order valence-corrected chi connectivity index (χ0v) is 15.1. The summed E-state index contributed by atoms with van der Waals surface area (Å²) in [5, 5.41) is 10.5. The van der Waals surface area contributed by atoms with Crippen molar-refractivity contribution in [2.75, 3.05) is 13.1 Å². The Balaban J connectivity index is 1.87. The Morgan fingerprint density at radius 1 is 1.31 bits per heavy atom. The molecule has 0 aliphatic carbocycles. The van der Waals surface area contributed by atoms with E-state index in [2.05, 4.69) is 25.5 Å². The zero-order chi connectivity index (χ0) is 18.8. The first-order valence-electron chi connectivity index (χ1n) is 8.61. The first-order valence-corrected chi connectivity index (χ1v) is 8.61. The van der Waals surface area contributed by atoms with Crippen LogP contribution in [0.2, 0.25) is 0 Å². The molecule has 0 saturated carbocycles. The largest absolute Gasteiger partial charge is 0.434 e. The average molecular weight is 365 g/mol. The van der Waals surface area contributed by atoms with Crippen LogP contribution in [0.1, 0.15) is 24.5 Å². The van der Waals surface area contributed by atoms with Crippen molar-refractivity contribution in [2.45, 2.75) is 32.9 Å². The van der Waals surface area contributed by atoms with Crippen molar-refractivity contribution in [3.8, 4) is 5.75 Å². The molecule has 2 aromatic rings. The van der Waals surface area contributed by atoms with Gasteiger partial charge in [0.15, 0.2) is 5.96 Å². The third-order valence-corrected chi connectivity index (χ3v) is 3.63. The second-order valence-corrected chi connectivity index (χ2v) is 5.73. The van der Waals surface area contributed by atoms with Crippen LogP contribution in [-0.2, 0) is 20.0 Å². The van der Waals surface area contributed by atoms with Crippen molar-refractivity contribution in [1.29, 1.82) is 0 Å². The number of aromatic nitrogens is 2. The maximum atomic E-state index is 12.5. The summed E-state index contributed by atoms with van der Waals surface area (Å²) in [7, 11) is 1.90. The zero-order valence-electron chi connectivity index (χ0n) is 15.1. The summed E-state index contributed by atoms with van der Waals surface area (Å²) in [4.78, 5) is 4.45. The van der Waals surface area contributed by atoms with Crippen LogP contribution in [-0.4, -0.2) is 35.4 Å². The van der Waals surface area contributed by atoms with Crippen molar-refractivity contribution in [1.82, 2.24) is 20.4 Å². The Labute approximate surface area is 152 Å². The van der Waals surface area contributed by atoms with E-state index in [9.17, 15) is 8.78 Å². The Bertz CT molecular complexity index is 702. The molecule has 1 aromatic carbocycles. The third kappa shape index (κ3) is 6.70. The molecule has 0 saturated heterocycles. The molecule has 0 bridgehead atoms. The second kappa shape index (κ2) is 10.4. The summed E-state index contributed by atoms with van der Waals surface area (Å²) >= 11 is 0. The lowest BCUT2D eigenvalue weighted by Crippen LogP contribution is -2.37. The van der Waals surface area contributed by atoms with Crippen molar-refractivity contribution in [3.63, 3.8) is 0 Å². The smallest absolute Gasteiger partial charge is 0.387 e. The van der Waals surface area contributed by atoms with Gasteiger partial charge in [0, 0.05) is 31.9 Å². The number of hydrogen-bond acceptors (Lipinski definition) is 3. The number of nitrogens with zero attached hydrogens (tertiary/aromatic N) is 3. The fourth-order valence-electron chi connectivity index (χ4n) is 2.45. The molecule has 0 fully saturated rings. The molecule has 1 aromatic heterocycles. The van der Waals surface area contributed by atoms with Crippen LogP contribution in [0.25, 0.3) is 0 Å². The highest BCUT2D eigenvalue weighted by Crippen LogP contribution is 2.20. The molecule has 0 unspecified atom stereocenters. The van der Waals surface area contributed by atoms with E-state index in [-0.39, 0.29) is 12.3 Å². The molecule has 0 spiro atoms. The lowest BCUT2D eigenvalue weighted by atomic mass is 10.2. The minimum atomic E-state index is -2.85. The molecule has 0 atom stereocenters. The van der Waals surface area contributed by atoms with E-state index in [1.807, 2.05) is 26.4 Å². The van der Waals surface area contributed by atoms with Gasteiger partial charge >= 0.3 is 6.61 Å². The van der Waals surface area contributed by atoms with Crippen LogP contribution in [0.4, 0.5) is 8.78 Å². The van der Waals surface area contributed by atoms with Gasteiger partial charge in [0.25, 0.3) is 0 Å². The number of halogens is 2. The van der Waals surface area contributed by atoms with Crippen molar-refractivity contribution >= 4 is 5.96 Å². The van der Waals surface area contributed by atoms with Gasteiger partial charge in [-0.25, -0.2) is 4.99 Å². The predicted molar refractivity (Wildman–Crippen MR) is 97.4 cm³/mol. The average Bonchev–Trinajstić information content (AvgIpc) is 3.02. The van der Waals surface area contributed by atoms with E-state index >= 15 is 0 Å². The van der Waals surface area contributed by atoms with Crippen LogP contribution >= 0.6 is 0 Å². The van der Waals surface area contributed by atoms with E-state index in [4.69, 9.17) is 0 Å². The molecule has 0 aliphatic rings. The van der Waals surface area contributed by atoms with Gasteiger partial charge < -0.3 is 15.4 Å². The van der Waals surface area contributed by atoms with Gasteiger partial charge in [0.1, 0.15) is 5.75 Å². The number of alkyl halides is 2. The minimum absolute atomic E-state index is 0.152. The van der Waals surface area contributed by atoms with Crippen molar-refractivity contribution in [2.24, 2.45) is 12.0 Å². The van der Waals surface area contributed by atoms with E-state index in [0.29, 0.717) is 18.1 Å². The van der Waals surface area contributed by atoms with Crippen LogP contribution in [0.15, 0.2) is 41.7 Å². The van der Waals surface area contributed by atoms with Crippen LogP contribution in [0, 0.1) is 0 Å². The van der Waals surface area contributed by atoms with E-state index in [1.165, 1.54) is 11.6 Å². The van der Waals surface area contributed by atoms with Gasteiger partial charge in [0.05, 0.1) is 12.7 Å². The number of aliphatic imine (C=N–C) groups is 1. The van der Waals surface area contributed by atoms with E-state index in [0.717, 1.165) is 19.4 Å².